The van der Waals surface area contributed by atoms with Crippen molar-refractivity contribution < 1.29 is 9.13 Å². The normalized spacial score (nSPS) is 11.0. The lowest BCUT2D eigenvalue weighted by Crippen LogP contribution is -1.85. The molecular weight excluding hydrogens is 318 g/mol. The second-order valence-corrected chi connectivity index (χ2v) is 5.88. The molecule has 3 rings (SSSR count). The van der Waals surface area contributed by atoms with E-state index < -0.39 is 0 Å². The molecule has 20 heavy (non-hydrogen) atoms. The van der Waals surface area contributed by atoms with Crippen LogP contribution in [0, 0.1) is 5.82 Å². The molecule has 0 N–H and O–H groups in total. The molecule has 5 heteroatoms. The van der Waals surface area contributed by atoms with Crippen LogP contribution in [-0.4, -0.2) is 7.11 Å². The van der Waals surface area contributed by atoms with Gasteiger partial charge in [-0.05, 0) is 29.1 Å². The largest absolute Gasteiger partial charge is 0.495 e. The predicted molar refractivity (Wildman–Crippen MR) is 83.8 cm³/mol. The highest BCUT2D eigenvalue weighted by Gasteiger charge is 2.15. The van der Waals surface area contributed by atoms with E-state index in [-0.39, 0.29) is 5.82 Å². The standard InChI is InChI=1S/C15H9Cl2FOS/c1-19-12-6-10-11(8-2-4-9(18)5-3-8)7-20-15(10)14(17)13(12)16/h2-7H,1H3. The Morgan fingerprint density at radius 3 is 2.45 bits per heavy atom. The van der Waals surface area contributed by atoms with Crippen molar-refractivity contribution in [2.45, 2.75) is 0 Å². The van der Waals surface area contributed by atoms with Gasteiger partial charge in [-0.2, -0.15) is 0 Å². The van der Waals surface area contributed by atoms with Gasteiger partial charge in [-0.1, -0.05) is 35.3 Å². The van der Waals surface area contributed by atoms with Crippen LogP contribution in [0.4, 0.5) is 4.39 Å². The van der Waals surface area contributed by atoms with E-state index >= 15 is 0 Å². The van der Waals surface area contributed by atoms with Gasteiger partial charge in [0.05, 0.1) is 16.8 Å². The smallest absolute Gasteiger partial charge is 0.139 e. The molecule has 0 aliphatic heterocycles. The van der Waals surface area contributed by atoms with E-state index in [1.807, 2.05) is 11.4 Å². The number of hydrogen-bond acceptors (Lipinski definition) is 2. The molecule has 0 aliphatic rings. The average Bonchev–Trinajstić information content (AvgIpc) is 2.87. The van der Waals surface area contributed by atoms with Crippen LogP contribution in [0.15, 0.2) is 35.7 Å². The molecule has 0 unspecified atom stereocenters. The van der Waals surface area contributed by atoms with Gasteiger partial charge in [0.25, 0.3) is 0 Å². The van der Waals surface area contributed by atoms with Gasteiger partial charge in [0.2, 0.25) is 0 Å². The maximum Gasteiger partial charge on any atom is 0.139 e. The van der Waals surface area contributed by atoms with Crippen LogP contribution in [-0.2, 0) is 0 Å². The monoisotopic (exact) mass is 326 g/mol. The first-order valence-corrected chi connectivity index (χ1v) is 7.44. The van der Waals surface area contributed by atoms with E-state index in [0.717, 1.165) is 21.2 Å². The summed E-state index contributed by atoms with van der Waals surface area (Å²) in [5, 5.41) is 3.83. The van der Waals surface area contributed by atoms with Gasteiger partial charge in [0.15, 0.2) is 0 Å². The third-order valence-electron chi connectivity index (χ3n) is 3.09. The van der Waals surface area contributed by atoms with E-state index in [9.17, 15) is 4.39 Å². The summed E-state index contributed by atoms with van der Waals surface area (Å²) in [6.07, 6.45) is 0. The zero-order chi connectivity index (χ0) is 14.3. The summed E-state index contributed by atoms with van der Waals surface area (Å²) >= 11 is 13.9. The van der Waals surface area contributed by atoms with Crippen LogP contribution in [0.5, 0.6) is 5.75 Å². The summed E-state index contributed by atoms with van der Waals surface area (Å²) in [7, 11) is 1.55. The zero-order valence-electron chi connectivity index (χ0n) is 10.4. The highest BCUT2D eigenvalue weighted by Crippen LogP contribution is 2.45. The first-order chi connectivity index (χ1) is 9.61. The fourth-order valence-corrected chi connectivity index (χ4v) is 3.70. The van der Waals surface area contributed by atoms with Crippen molar-refractivity contribution in [3.63, 3.8) is 0 Å². The van der Waals surface area contributed by atoms with Crippen molar-refractivity contribution >= 4 is 44.6 Å². The maximum absolute atomic E-state index is 13.0. The van der Waals surface area contributed by atoms with Crippen LogP contribution < -0.4 is 4.74 Å². The molecular formula is C15H9Cl2FOS. The molecule has 0 bridgehead atoms. The molecule has 0 saturated carbocycles. The second kappa shape index (κ2) is 5.24. The fourth-order valence-electron chi connectivity index (χ4n) is 2.08. The molecule has 1 aromatic heterocycles. The number of hydrogen-bond donors (Lipinski definition) is 0. The Hall–Kier alpha value is -1.29. The lowest BCUT2D eigenvalue weighted by atomic mass is 10.0. The molecule has 0 radical (unpaired) electrons. The molecule has 0 atom stereocenters. The summed E-state index contributed by atoms with van der Waals surface area (Å²) in [6.45, 7) is 0. The van der Waals surface area contributed by atoms with E-state index in [2.05, 4.69) is 0 Å². The SMILES string of the molecule is COc1cc2c(-c3ccc(F)cc3)csc2c(Cl)c1Cl. The van der Waals surface area contributed by atoms with Gasteiger partial charge < -0.3 is 4.74 Å². The highest BCUT2D eigenvalue weighted by atomic mass is 35.5. The average molecular weight is 327 g/mol. The molecule has 0 saturated heterocycles. The van der Waals surface area contributed by atoms with E-state index in [1.165, 1.54) is 23.5 Å². The summed E-state index contributed by atoms with van der Waals surface area (Å²) in [4.78, 5) is 0. The van der Waals surface area contributed by atoms with Crippen molar-refractivity contribution in [1.29, 1.82) is 0 Å². The Morgan fingerprint density at radius 1 is 1.10 bits per heavy atom. The molecule has 3 aromatic rings. The Balaban J connectivity index is 2.27. The highest BCUT2D eigenvalue weighted by molar-refractivity contribution is 7.18. The zero-order valence-corrected chi connectivity index (χ0v) is 12.7. The van der Waals surface area contributed by atoms with Crippen LogP contribution in [0.25, 0.3) is 21.2 Å². The van der Waals surface area contributed by atoms with Gasteiger partial charge in [-0.15, -0.1) is 11.3 Å². The summed E-state index contributed by atoms with van der Waals surface area (Å²) in [6, 6.07) is 8.22. The molecule has 1 nitrogen and oxygen atoms in total. The van der Waals surface area contributed by atoms with E-state index in [1.54, 1.807) is 19.2 Å². The van der Waals surface area contributed by atoms with Crippen LogP contribution in [0.3, 0.4) is 0 Å². The number of methoxy groups -OCH3 is 1. The number of benzene rings is 2. The molecule has 0 aliphatic carbocycles. The summed E-state index contributed by atoms with van der Waals surface area (Å²) < 4.78 is 19.2. The third-order valence-corrected chi connectivity index (χ3v) is 5.06. The van der Waals surface area contributed by atoms with Gasteiger partial charge >= 0.3 is 0 Å². The van der Waals surface area contributed by atoms with Crippen LogP contribution >= 0.6 is 34.5 Å². The Bertz CT molecular complexity index is 781. The summed E-state index contributed by atoms with van der Waals surface area (Å²) in [5.74, 6) is 0.276. The van der Waals surface area contributed by atoms with Crippen molar-refractivity contribution in [3.8, 4) is 16.9 Å². The fraction of sp³-hybridized carbons (Fsp3) is 0.0667. The number of ether oxygens (including phenoxy) is 1. The quantitative estimate of drug-likeness (QED) is 0.559. The van der Waals surface area contributed by atoms with Crippen molar-refractivity contribution in [3.05, 3.63) is 51.6 Å². The Kier molecular flexibility index (Phi) is 3.59. The lowest BCUT2D eigenvalue weighted by molar-refractivity contribution is 0.415. The van der Waals surface area contributed by atoms with Crippen LogP contribution in [0.1, 0.15) is 0 Å². The minimum atomic E-state index is -0.257. The first-order valence-electron chi connectivity index (χ1n) is 5.81. The van der Waals surface area contributed by atoms with Crippen molar-refractivity contribution in [2.24, 2.45) is 0 Å². The number of fused-ring (bicyclic) bond motifs is 1. The minimum Gasteiger partial charge on any atom is -0.495 e. The predicted octanol–water partition coefficient (Wildman–Crippen LogP) is 6.02. The molecule has 2 aromatic carbocycles. The van der Waals surface area contributed by atoms with Gasteiger partial charge in [0.1, 0.15) is 16.6 Å². The Morgan fingerprint density at radius 2 is 1.80 bits per heavy atom. The lowest BCUT2D eigenvalue weighted by Gasteiger charge is -2.07. The van der Waals surface area contributed by atoms with Crippen molar-refractivity contribution in [2.75, 3.05) is 7.11 Å². The van der Waals surface area contributed by atoms with Gasteiger partial charge in [0, 0.05) is 10.9 Å². The number of halogens is 3. The Labute approximate surface area is 129 Å². The first kappa shape index (κ1) is 13.7. The molecule has 0 fully saturated rings. The topological polar surface area (TPSA) is 9.23 Å². The number of thiophene rings is 1. The van der Waals surface area contributed by atoms with Crippen molar-refractivity contribution in [1.82, 2.24) is 0 Å². The van der Waals surface area contributed by atoms with Gasteiger partial charge in [-0.3, -0.25) is 0 Å². The molecule has 102 valence electrons. The molecule has 1 heterocycles. The third kappa shape index (κ3) is 2.16. The molecule has 0 spiro atoms. The van der Waals surface area contributed by atoms with E-state index in [0.29, 0.717) is 15.8 Å². The van der Waals surface area contributed by atoms with Crippen LogP contribution in [0.2, 0.25) is 10.0 Å². The summed E-state index contributed by atoms with van der Waals surface area (Å²) in [5.41, 5.74) is 1.92. The van der Waals surface area contributed by atoms with E-state index in [4.69, 9.17) is 27.9 Å². The number of rotatable bonds is 2. The minimum absolute atomic E-state index is 0.257. The second-order valence-electron chi connectivity index (χ2n) is 4.24. The maximum atomic E-state index is 13.0. The molecule has 0 amide bonds. The van der Waals surface area contributed by atoms with Gasteiger partial charge in [-0.25, -0.2) is 4.39 Å².